The molecule has 0 bridgehead atoms. The SMILES string of the molecule is Cc1cc(OC(C)C)nc(NC2CCN3CCCCC23)n1. The Kier molecular flexibility index (Phi) is 4.29. The lowest BCUT2D eigenvalue weighted by atomic mass is 9.99. The fraction of sp³-hybridized carbons (Fsp3) is 0.750. The number of rotatable bonds is 4. The summed E-state index contributed by atoms with van der Waals surface area (Å²) in [7, 11) is 0. The third-order valence-electron chi connectivity index (χ3n) is 4.36. The second kappa shape index (κ2) is 6.18. The topological polar surface area (TPSA) is 50.3 Å². The molecule has 1 aromatic rings. The fourth-order valence-corrected chi connectivity index (χ4v) is 3.49. The maximum atomic E-state index is 5.71. The molecule has 3 heterocycles. The summed E-state index contributed by atoms with van der Waals surface area (Å²) >= 11 is 0. The Balaban J connectivity index is 1.71. The average Bonchev–Trinajstić information content (AvgIpc) is 2.81. The van der Waals surface area contributed by atoms with E-state index in [-0.39, 0.29) is 6.10 Å². The van der Waals surface area contributed by atoms with E-state index in [9.17, 15) is 0 Å². The number of aryl methyl sites for hydroxylation is 1. The number of aromatic nitrogens is 2. The highest BCUT2D eigenvalue weighted by Crippen LogP contribution is 2.29. The van der Waals surface area contributed by atoms with E-state index in [1.54, 1.807) is 0 Å². The van der Waals surface area contributed by atoms with Gasteiger partial charge >= 0.3 is 0 Å². The summed E-state index contributed by atoms with van der Waals surface area (Å²) in [6.07, 6.45) is 5.29. The van der Waals surface area contributed by atoms with Gasteiger partial charge in [-0.15, -0.1) is 0 Å². The maximum absolute atomic E-state index is 5.71. The Bertz CT molecular complexity index is 491. The molecule has 2 aliphatic rings. The van der Waals surface area contributed by atoms with Crippen LogP contribution in [0.15, 0.2) is 6.07 Å². The molecule has 116 valence electrons. The first-order valence-electron chi connectivity index (χ1n) is 8.15. The van der Waals surface area contributed by atoms with Gasteiger partial charge in [-0.05, 0) is 46.6 Å². The van der Waals surface area contributed by atoms with Crippen molar-refractivity contribution in [3.8, 4) is 5.88 Å². The molecule has 2 saturated heterocycles. The van der Waals surface area contributed by atoms with Crippen molar-refractivity contribution in [1.82, 2.24) is 14.9 Å². The molecule has 2 fully saturated rings. The van der Waals surface area contributed by atoms with E-state index in [0.29, 0.717) is 23.9 Å². The van der Waals surface area contributed by atoms with Crippen molar-refractivity contribution >= 4 is 5.95 Å². The van der Waals surface area contributed by atoms with Crippen molar-refractivity contribution in [2.45, 2.75) is 64.6 Å². The van der Waals surface area contributed by atoms with E-state index in [1.807, 2.05) is 26.8 Å². The number of fused-ring (bicyclic) bond motifs is 1. The van der Waals surface area contributed by atoms with Gasteiger partial charge in [0.1, 0.15) is 0 Å². The highest BCUT2D eigenvalue weighted by molar-refractivity contribution is 5.33. The van der Waals surface area contributed by atoms with Crippen LogP contribution in [0.25, 0.3) is 0 Å². The van der Waals surface area contributed by atoms with Crippen molar-refractivity contribution in [1.29, 1.82) is 0 Å². The lowest BCUT2D eigenvalue weighted by Crippen LogP contribution is -2.42. The van der Waals surface area contributed by atoms with E-state index in [0.717, 1.165) is 5.69 Å². The second-order valence-corrected chi connectivity index (χ2v) is 6.48. The van der Waals surface area contributed by atoms with Crippen LogP contribution >= 0.6 is 0 Å². The average molecular weight is 290 g/mol. The number of hydrogen-bond acceptors (Lipinski definition) is 5. The predicted octanol–water partition coefficient (Wildman–Crippen LogP) is 2.61. The second-order valence-electron chi connectivity index (χ2n) is 6.48. The van der Waals surface area contributed by atoms with Gasteiger partial charge in [0.05, 0.1) is 6.10 Å². The lowest BCUT2D eigenvalue weighted by Gasteiger charge is -2.32. The first-order valence-corrected chi connectivity index (χ1v) is 8.15. The Morgan fingerprint density at radius 3 is 2.90 bits per heavy atom. The molecule has 0 spiro atoms. The third-order valence-corrected chi connectivity index (χ3v) is 4.36. The van der Waals surface area contributed by atoms with Crippen LogP contribution in [0.1, 0.15) is 45.2 Å². The zero-order chi connectivity index (χ0) is 14.8. The Hall–Kier alpha value is -1.36. The monoisotopic (exact) mass is 290 g/mol. The van der Waals surface area contributed by atoms with Crippen LogP contribution in [0.4, 0.5) is 5.95 Å². The Labute approximate surface area is 127 Å². The molecule has 0 aliphatic carbocycles. The van der Waals surface area contributed by atoms with Crippen LogP contribution < -0.4 is 10.1 Å². The summed E-state index contributed by atoms with van der Waals surface area (Å²) in [6, 6.07) is 3.02. The van der Waals surface area contributed by atoms with Crippen molar-refractivity contribution < 1.29 is 4.74 Å². The van der Waals surface area contributed by atoms with Gasteiger partial charge in [-0.25, -0.2) is 4.98 Å². The number of anilines is 1. The summed E-state index contributed by atoms with van der Waals surface area (Å²) in [5.41, 5.74) is 0.946. The molecule has 5 heteroatoms. The molecule has 1 N–H and O–H groups in total. The summed E-state index contributed by atoms with van der Waals surface area (Å²) in [4.78, 5) is 11.6. The molecule has 2 atom stereocenters. The van der Waals surface area contributed by atoms with Crippen molar-refractivity contribution in [2.24, 2.45) is 0 Å². The standard InChI is InChI=1S/C16H26N4O/c1-11(2)21-15-10-12(3)17-16(19-15)18-13-7-9-20-8-5-4-6-14(13)20/h10-11,13-14H,4-9H2,1-3H3,(H,17,18,19). The van der Waals surface area contributed by atoms with E-state index in [2.05, 4.69) is 20.2 Å². The van der Waals surface area contributed by atoms with Gasteiger partial charge in [-0.1, -0.05) is 6.42 Å². The number of nitrogens with zero attached hydrogens (tertiary/aromatic N) is 3. The molecule has 2 unspecified atom stereocenters. The zero-order valence-electron chi connectivity index (χ0n) is 13.3. The predicted molar refractivity (Wildman–Crippen MR) is 83.8 cm³/mol. The van der Waals surface area contributed by atoms with Gasteiger partial charge in [0.15, 0.2) is 0 Å². The molecule has 0 aromatic carbocycles. The van der Waals surface area contributed by atoms with Gasteiger partial charge in [0, 0.05) is 30.4 Å². The van der Waals surface area contributed by atoms with Gasteiger partial charge in [0.25, 0.3) is 0 Å². The molecular formula is C16H26N4O. The quantitative estimate of drug-likeness (QED) is 0.923. The van der Waals surface area contributed by atoms with Crippen molar-refractivity contribution in [3.05, 3.63) is 11.8 Å². The molecule has 21 heavy (non-hydrogen) atoms. The summed E-state index contributed by atoms with van der Waals surface area (Å²) < 4.78 is 5.71. The van der Waals surface area contributed by atoms with Gasteiger partial charge in [-0.2, -0.15) is 4.98 Å². The van der Waals surface area contributed by atoms with Gasteiger partial charge < -0.3 is 10.1 Å². The molecule has 3 rings (SSSR count). The minimum Gasteiger partial charge on any atom is -0.475 e. The van der Waals surface area contributed by atoms with Crippen LogP contribution in [0.5, 0.6) is 5.88 Å². The van der Waals surface area contributed by atoms with Crippen molar-refractivity contribution in [3.63, 3.8) is 0 Å². The van der Waals surface area contributed by atoms with Crippen LogP contribution in [0.2, 0.25) is 0 Å². The highest BCUT2D eigenvalue weighted by Gasteiger charge is 2.35. The Morgan fingerprint density at radius 2 is 2.10 bits per heavy atom. The number of nitrogens with one attached hydrogen (secondary N) is 1. The summed E-state index contributed by atoms with van der Waals surface area (Å²) in [5, 5.41) is 3.55. The van der Waals surface area contributed by atoms with E-state index < -0.39 is 0 Å². The highest BCUT2D eigenvalue weighted by atomic mass is 16.5. The number of ether oxygens (including phenoxy) is 1. The first-order chi connectivity index (χ1) is 10.1. The molecule has 5 nitrogen and oxygen atoms in total. The number of hydrogen-bond donors (Lipinski definition) is 1. The smallest absolute Gasteiger partial charge is 0.226 e. The van der Waals surface area contributed by atoms with E-state index in [4.69, 9.17) is 4.74 Å². The van der Waals surface area contributed by atoms with Crippen LogP contribution in [-0.4, -0.2) is 46.1 Å². The molecule has 0 saturated carbocycles. The van der Waals surface area contributed by atoms with E-state index >= 15 is 0 Å². The molecule has 0 amide bonds. The van der Waals surface area contributed by atoms with Gasteiger partial charge in [0.2, 0.25) is 11.8 Å². The maximum Gasteiger partial charge on any atom is 0.226 e. The minimum absolute atomic E-state index is 0.132. The number of piperidine rings is 1. The lowest BCUT2D eigenvalue weighted by molar-refractivity contribution is 0.192. The largest absolute Gasteiger partial charge is 0.475 e. The van der Waals surface area contributed by atoms with Crippen LogP contribution in [-0.2, 0) is 0 Å². The van der Waals surface area contributed by atoms with Gasteiger partial charge in [-0.3, -0.25) is 4.90 Å². The van der Waals surface area contributed by atoms with Crippen LogP contribution in [0.3, 0.4) is 0 Å². The summed E-state index contributed by atoms with van der Waals surface area (Å²) in [6.45, 7) is 8.47. The Morgan fingerprint density at radius 1 is 1.24 bits per heavy atom. The molecule has 2 aliphatic heterocycles. The zero-order valence-corrected chi connectivity index (χ0v) is 13.3. The van der Waals surface area contributed by atoms with E-state index in [1.165, 1.54) is 38.8 Å². The summed E-state index contributed by atoms with van der Waals surface area (Å²) in [5.74, 6) is 1.38. The molecule has 1 aromatic heterocycles. The fourth-order valence-electron chi connectivity index (χ4n) is 3.49. The van der Waals surface area contributed by atoms with Crippen molar-refractivity contribution in [2.75, 3.05) is 18.4 Å². The third kappa shape index (κ3) is 3.46. The normalized spacial score (nSPS) is 25.9. The molecular weight excluding hydrogens is 264 g/mol. The molecule has 0 radical (unpaired) electrons. The van der Waals surface area contributed by atoms with Crippen LogP contribution in [0, 0.1) is 6.92 Å². The minimum atomic E-state index is 0.132. The first kappa shape index (κ1) is 14.6.